The Labute approximate surface area is 89.9 Å². The fraction of sp³-hybridized carbons (Fsp3) is 0.462. The van der Waals surface area contributed by atoms with Crippen molar-refractivity contribution in [3.63, 3.8) is 0 Å². The molecule has 0 radical (unpaired) electrons. The van der Waals surface area contributed by atoms with Gasteiger partial charge in [-0.3, -0.25) is 4.79 Å². The maximum absolute atomic E-state index is 10.9. The Morgan fingerprint density at radius 2 is 1.87 bits per heavy atom. The molecule has 1 aromatic carbocycles. The molecular formula is C13H16O2. The summed E-state index contributed by atoms with van der Waals surface area (Å²) in [6.45, 7) is 2.09. The number of aliphatic carboxylic acids is 1. The van der Waals surface area contributed by atoms with E-state index in [0.29, 0.717) is 0 Å². The first-order valence-corrected chi connectivity index (χ1v) is 5.44. The molecule has 0 saturated carbocycles. The second-order valence-corrected chi connectivity index (χ2v) is 4.55. The van der Waals surface area contributed by atoms with Crippen LogP contribution >= 0.6 is 0 Å². The largest absolute Gasteiger partial charge is 0.481 e. The molecule has 0 fully saturated rings. The molecule has 0 aliphatic heterocycles. The molecule has 2 nitrogen and oxygen atoms in total. The predicted octanol–water partition coefficient (Wildman–Crippen LogP) is 2.66. The van der Waals surface area contributed by atoms with Crippen molar-refractivity contribution in [3.8, 4) is 0 Å². The van der Waals surface area contributed by atoms with Crippen LogP contribution in [-0.4, -0.2) is 11.1 Å². The number of rotatable bonds is 3. The van der Waals surface area contributed by atoms with Crippen LogP contribution in [0.1, 0.15) is 30.9 Å². The first-order valence-electron chi connectivity index (χ1n) is 5.44. The molecule has 1 aromatic rings. The summed E-state index contributed by atoms with van der Waals surface area (Å²) in [6.07, 6.45) is 3.07. The number of hydrogen-bond donors (Lipinski definition) is 1. The highest BCUT2D eigenvalue weighted by atomic mass is 16.4. The quantitative estimate of drug-likeness (QED) is 0.821. The molecule has 0 spiro atoms. The average Bonchev–Trinajstić information content (AvgIpc) is 2.55. The molecule has 1 aliphatic rings. The van der Waals surface area contributed by atoms with E-state index in [1.54, 1.807) is 0 Å². The molecular weight excluding hydrogens is 188 g/mol. The molecule has 1 aliphatic carbocycles. The molecule has 0 unspecified atom stereocenters. The SMILES string of the molecule is CCC1(CC(=O)O)Cc2ccccc2C1. The van der Waals surface area contributed by atoms with Crippen LogP contribution in [0.2, 0.25) is 0 Å². The van der Waals surface area contributed by atoms with Crippen LogP contribution < -0.4 is 0 Å². The van der Waals surface area contributed by atoms with E-state index in [-0.39, 0.29) is 11.8 Å². The van der Waals surface area contributed by atoms with Crippen LogP contribution in [0.5, 0.6) is 0 Å². The molecule has 0 atom stereocenters. The monoisotopic (exact) mass is 204 g/mol. The van der Waals surface area contributed by atoms with Crippen LogP contribution in [0.25, 0.3) is 0 Å². The van der Waals surface area contributed by atoms with Gasteiger partial charge in [0.25, 0.3) is 0 Å². The highest BCUT2D eigenvalue weighted by Gasteiger charge is 2.37. The Kier molecular flexibility index (Phi) is 2.51. The summed E-state index contributed by atoms with van der Waals surface area (Å²) in [5.74, 6) is -0.676. The molecule has 0 heterocycles. The van der Waals surface area contributed by atoms with Gasteiger partial charge >= 0.3 is 5.97 Å². The highest BCUT2D eigenvalue weighted by molar-refractivity contribution is 5.68. The van der Waals surface area contributed by atoms with Gasteiger partial charge in [-0.15, -0.1) is 0 Å². The summed E-state index contributed by atoms with van der Waals surface area (Å²) in [5, 5.41) is 8.95. The van der Waals surface area contributed by atoms with Gasteiger partial charge in [-0.1, -0.05) is 31.2 Å². The van der Waals surface area contributed by atoms with Crippen LogP contribution in [0.4, 0.5) is 0 Å². The first-order chi connectivity index (χ1) is 7.15. The number of carbonyl (C=O) groups is 1. The minimum Gasteiger partial charge on any atom is -0.481 e. The molecule has 2 heteroatoms. The van der Waals surface area contributed by atoms with E-state index < -0.39 is 5.97 Å². The normalized spacial score (nSPS) is 17.4. The van der Waals surface area contributed by atoms with E-state index in [0.717, 1.165) is 19.3 Å². The van der Waals surface area contributed by atoms with E-state index in [1.807, 2.05) is 12.1 Å². The highest BCUT2D eigenvalue weighted by Crippen LogP contribution is 2.42. The number of carboxylic acids is 1. The van der Waals surface area contributed by atoms with Crippen LogP contribution in [0.3, 0.4) is 0 Å². The topological polar surface area (TPSA) is 37.3 Å². The lowest BCUT2D eigenvalue weighted by atomic mass is 9.79. The van der Waals surface area contributed by atoms with E-state index in [2.05, 4.69) is 19.1 Å². The summed E-state index contributed by atoms with van der Waals surface area (Å²) in [7, 11) is 0. The zero-order valence-electron chi connectivity index (χ0n) is 8.99. The Hall–Kier alpha value is -1.31. The average molecular weight is 204 g/mol. The van der Waals surface area contributed by atoms with Crippen molar-refractivity contribution in [2.24, 2.45) is 5.41 Å². The van der Waals surface area contributed by atoms with Gasteiger partial charge in [0.2, 0.25) is 0 Å². The minimum atomic E-state index is -0.676. The van der Waals surface area contributed by atoms with Crippen molar-refractivity contribution in [2.75, 3.05) is 0 Å². The van der Waals surface area contributed by atoms with Gasteiger partial charge in [0.15, 0.2) is 0 Å². The van der Waals surface area contributed by atoms with Crippen molar-refractivity contribution >= 4 is 5.97 Å². The van der Waals surface area contributed by atoms with Crippen LogP contribution in [-0.2, 0) is 17.6 Å². The molecule has 15 heavy (non-hydrogen) atoms. The van der Waals surface area contributed by atoms with Gasteiger partial charge in [0, 0.05) is 0 Å². The lowest BCUT2D eigenvalue weighted by molar-refractivity contribution is -0.139. The fourth-order valence-electron chi connectivity index (χ4n) is 2.59. The molecule has 0 amide bonds. The van der Waals surface area contributed by atoms with Gasteiger partial charge in [-0.2, -0.15) is 0 Å². The van der Waals surface area contributed by atoms with Gasteiger partial charge < -0.3 is 5.11 Å². The van der Waals surface area contributed by atoms with Gasteiger partial charge in [0.05, 0.1) is 6.42 Å². The molecule has 80 valence electrons. The fourth-order valence-corrected chi connectivity index (χ4v) is 2.59. The maximum Gasteiger partial charge on any atom is 0.303 e. The lowest BCUT2D eigenvalue weighted by Crippen LogP contribution is -2.24. The minimum absolute atomic E-state index is 0.0322. The van der Waals surface area contributed by atoms with Crippen molar-refractivity contribution < 1.29 is 9.90 Å². The maximum atomic E-state index is 10.9. The van der Waals surface area contributed by atoms with Crippen LogP contribution in [0, 0.1) is 5.41 Å². The van der Waals surface area contributed by atoms with Gasteiger partial charge in [-0.25, -0.2) is 0 Å². The zero-order valence-corrected chi connectivity index (χ0v) is 8.99. The number of benzene rings is 1. The summed E-state index contributed by atoms with van der Waals surface area (Å²) >= 11 is 0. The van der Waals surface area contributed by atoms with Crippen molar-refractivity contribution in [2.45, 2.75) is 32.6 Å². The predicted molar refractivity (Wildman–Crippen MR) is 58.8 cm³/mol. The molecule has 0 aromatic heterocycles. The van der Waals surface area contributed by atoms with Gasteiger partial charge in [0.1, 0.15) is 0 Å². The molecule has 1 N–H and O–H groups in total. The van der Waals surface area contributed by atoms with Crippen molar-refractivity contribution in [1.29, 1.82) is 0 Å². The standard InChI is InChI=1S/C13H16O2/c1-2-13(9-12(14)15)7-10-5-3-4-6-11(10)8-13/h3-6H,2,7-9H2,1H3,(H,14,15). The summed E-state index contributed by atoms with van der Waals surface area (Å²) < 4.78 is 0. The number of hydrogen-bond acceptors (Lipinski definition) is 1. The van der Waals surface area contributed by atoms with Crippen molar-refractivity contribution in [3.05, 3.63) is 35.4 Å². The van der Waals surface area contributed by atoms with E-state index in [4.69, 9.17) is 5.11 Å². The first kappa shape index (κ1) is 10.2. The molecule has 0 saturated heterocycles. The smallest absolute Gasteiger partial charge is 0.303 e. The number of carboxylic acid groups (broad SMARTS) is 1. The Balaban J connectivity index is 2.25. The second-order valence-electron chi connectivity index (χ2n) is 4.55. The molecule has 2 rings (SSSR count). The zero-order chi connectivity index (χ0) is 10.9. The summed E-state index contributed by atoms with van der Waals surface area (Å²) in [4.78, 5) is 10.9. The Bertz CT molecular complexity index is 357. The van der Waals surface area contributed by atoms with Crippen LogP contribution in [0.15, 0.2) is 24.3 Å². The number of fused-ring (bicyclic) bond motifs is 1. The third-order valence-corrected chi connectivity index (χ3v) is 3.53. The Morgan fingerprint density at radius 3 is 2.27 bits per heavy atom. The third-order valence-electron chi connectivity index (χ3n) is 3.53. The summed E-state index contributed by atoms with van der Waals surface area (Å²) in [6, 6.07) is 8.31. The van der Waals surface area contributed by atoms with Gasteiger partial charge in [-0.05, 0) is 35.8 Å². The van der Waals surface area contributed by atoms with Crippen molar-refractivity contribution in [1.82, 2.24) is 0 Å². The van der Waals surface area contributed by atoms with E-state index in [9.17, 15) is 4.79 Å². The van der Waals surface area contributed by atoms with E-state index in [1.165, 1.54) is 11.1 Å². The molecule has 0 bridgehead atoms. The second kappa shape index (κ2) is 3.69. The van der Waals surface area contributed by atoms with E-state index >= 15 is 0 Å². The lowest BCUT2D eigenvalue weighted by Gasteiger charge is -2.25. The summed E-state index contributed by atoms with van der Waals surface area (Å²) in [5.41, 5.74) is 2.64. The Morgan fingerprint density at radius 1 is 1.33 bits per heavy atom. The third kappa shape index (κ3) is 1.89.